The summed E-state index contributed by atoms with van der Waals surface area (Å²) in [5.41, 5.74) is 0. The van der Waals surface area contributed by atoms with Crippen LogP contribution in [0.15, 0.2) is 0 Å². The summed E-state index contributed by atoms with van der Waals surface area (Å²) in [7, 11) is 0. The second-order valence-corrected chi connectivity index (χ2v) is 5.47. The van der Waals surface area contributed by atoms with Gasteiger partial charge in [0, 0.05) is 6.54 Å². The standard InChI is InChI=1S/C14H24N2O5/c1-4-21-13(19)10-7-5-6-8-16(10)14(20)15-11(9(2)3)12(17)18/h9-11H,4-8H2,1-3H3,(H,15,20)(H,17,18)/t10?,11-/m0/s1. The van der Waals surface area contributed by atoms with E-state index in [4.69, 9.17) is 9.84 Å². The van der Waals surface area contributed by atoms with Crippen LogP contribution in [-0.4, -0.2) is 53.2 Å². The van der Waals surface area contributed by atoms with Crippen LogP contribution in [0.25, 0.3) is 0 Å². The zero-order chi connectivity index (χ0) is 16.0. The first-order valence-electron chi connectivity index (χ1n) is 7.35. The average molecular weight is 300 g/mol. The molecule has 1 aliphatic rings. The van der Waals surface area contributed by atoms with Gasteiger partial charge in [0.2, 0.25) is 0 Å². The molecule has 1 saturated heterocycles. The maximum atomic E-state index is 12.3. The Hall–Kier alpha value is -1.79. The number of carboxylic acids is 1. The maximum absolute atomic E-state index is 12.3. The van der Waals surface area contributed by atoms with Crippen molar-refractivity contribution in [3.63, 3.8) is 0 Å². The molecule has 0 aromatic carbocycles. The monoisotopic (exact) mass is 300 g/mol. The summed E-state index contributed by atoms with van der Waals surface area (Å²) in [6, 6.07) is -2.11. The van der Waals surface area contributed by atoms with Crippen molar-refractivity contribution in [2.24, 2.45) is 5.92 Å². The number of carbonyl (C=O) groups is 3. The lowest BCUT2D eigenvalue weighted by atomic mass is 10.0. The fourth-order valence-electron chi connectivity index (χ4n) is 2.39. The number of esters is 1. The number of likely N-dealkylation sites (tertiary alicyclic amines) is 1. The van der Waals surface area contributed by atoms with Gasteiger partial charge in [-0.3, -0.25) is 0 Å². The molecule has 1 heterocycles. The highest BCUT2D eigenvalue weighted by atomic mass is 16.5. The van der Waals surface area contributed by atoms with Crippen LogP contribution in [0.5, 0.6) is 0 Å². The van der Waals surface area contributed by atoms with Crippen LogP contribution in [0.4, 0.5) is 4.79 Å². The summed E-state index contributed by atoms with van der Waals surface area (Å²) >= 11 is 0. The lowest BCUT2D eigenvalue weighted by molar-refractivity contribution is -0.149. The van der Waals surface area contributed by atoms with Crippen LogP contribution < -0.4 is 5.32 Å². The molecule has 21 heavy (non-hydrogen) atoms. The van der Waals surface area contributed by atoms with Gasteiger partial charge in [0.15, 0.2) is 0 Å². The smallest absolute Gasteiger partial charge is 0.328 e. The summed E-state index contributed by atoms with van der Waals surface area (Å²) in [5.74, 6) is -1.75. The molecule has 7 heteroatoms. The van der Waals surface area contributed by atoms with Crippen molar-refractivity contribution in [1.29, 1.82) is 0 Å². The van der Waals surface area contributed by atoms with E-state index in [0.717, 1.165) is 12.8 Å². The van der Waals surface area contributed by atoms with Gasteiger partial charge in [0.1, 0.15) is 12.1 Å². The molecule has 2 amide bonds. The molecule has 1 unspecified atom stereocenters. The minimum atomic E-state index is -1.08. The SMILES string of the molecule is CCOC(=O)C1CCCCN1C(=O)N[C@H](C(=O)O)C(C)C. The van der Waals surface area contributed by atoms with Crippen molar-refractivity contribution in [2.75, 3.05) is 13.2 Å². The molecule has 7 nitrogen and oxygen atoms in total. The molecule has 0 aromatic rings. The zero-order valence-corrected chi connectivity index (χ0v) is 12.8. The van der Waals surface area contributed by atoms with Crippen molar-refractivity contribution >= 4 is 18.0 Å². The Kier molecular flexibility index (Phi) is 6.45. The lowest BCUT2D eigenvalue weighted by Crippen LogP contribution is -2.56. The highest BCUT2D eigenvalue weighted by Gasteiger charge is 2.35. The van der Waals surface area contributed by atoms with E-state index < -0.39 is 30.1 Å². The maximum Gasteiger partial charge on any atom is 0.328 e. The van der Waals surface area contributed by atoms with E-state index in [-0.39, 0.29) is 12.5 Å². The third kappa shape index (κ3) is 4.61. The number of carboxylic acid groups (broad SMARTS) is 1. The molecule has 1 rings (SSSR count). The van der Waals surface area contributed by atoms with Gasteiger partial charge >= 0.3 is 18.0 Å². The van der Waals surface area contributed by atoms with Crippen LogP contribution in [0.3, 0.4) is 0 Å². The fraction of sp³-hybridized carbons (Fsp3) is 0.786. The van der Waals surface area contributed by atoms with Crippen LogP contribution in [0.2, 0.25) is 0 Å². The van der Waals surface area contributed by atoms with E-state index in [1.807, 2.05) is 0 Å². The van der Waals surface area contributed by atoms with E-state index in [1.54, 1.807) is 20.8 Å². The van der Waals surface area contributed by atoms with Gasteiger partial charge in [-0.2, -0.15) is 0 Å². The first-order valence-corrected chi connectivity index (χ1v) is 7.35. The van der Waals surface area contributed by atoms with Gasteiger partial charge in [0.05, 0.1) is 6.61 Å². The van der Waals surface area contributed by atoms with Gasteiger partial charge in [-0.15, -0.1) is 0 Å². The van der Waals surface area contributed by atoms with Crippen LogP contribution in [-0.2, 0) is 14.3 Å². The van der Waals surface area contributed by atoms with Gasteiger partial charge < -0.3 is 20.1 Å². The van der Waals surface area contributed by atoms with E-state index in [9.17, 15) is 14.4 Å². The number of hydrogen-bond acceptors (Lipinski definition) is 4. The highest BCUT2D eigenvalue weighted by molar-refractivity contribution is 5.87. The van der Waals surface area contributed by atoms with Gasteiger partial charge in [-0.05, 0) is 32.1 Å². The molecule has 0 aromatic heterocycles. The number of piperidine rings is 1. The molecule has 1 fully saturated rings. The summed E-state index contributed by atoms with van der Waals surface area (Å²) < 4.78 is 4.98. The third-order valence-electron chi connectivity index (χ3n) is 3.53. The number of carbonyl (C=O) groups excluding carboxylic acids is 2. The fourth-order valence-corrected chi connectivity index (χ4v) is 2.39. The van der Waals surface area contributed by atoms with Crippen LogP contribution in [0.1, 0.15) is 40.0 Å². The Balaban J connectivity index is 2.77. The number of ether oxygens (including phenoxy) is 1. The topological polar surface area (TPSA) is 95.9 Å². The highest BCUT2D eigenvalue weighted by Crippen LogP contribution is 2.19. The third-order valence-corrected chi connectivity index (χ3v) is 3.53. The first-order chi connectivity index (χ1) is 9.88. The minimum absolute atomic E-state index is 0.239. The Morgan fingerprint density at radius 1 is 1.33 bits per heavy atom. The van der Waals surface area contributed by atoms with Crippen LogP contribution in [0, 0.1) is 5.92 Å². The van der Waals surface area contributed by atoms with Crippen molar-refractivity contribution in [3.8, 4) is 0 Å². The Morgan fingerprint density at radius 2 is 2.00 bits per heavy atom. The summed E-state index contributed by atoms with van der Waals surface area (Å²) in [5, 5.41) is 11.6. The molecule has 0 spiro atoms. The summed E-state index contributed by atoms with van der Waals surface area (Å²) in [6.07, 6.45) is 2.19. The number of amides is 2. The van der Waals surface area contributed by atoms with Gasteiger partial charge in [0.25, 0.3) is 0 Å². The molecular formula is C14H24N2O5. The van der Waals surface area contributed by atoms with Gasteiger partial charge in [-0.25, -0.2) is 14.4 Å². The second-order valence-electron chi connectivity index (χ2n) is 5.47. The molecule has 1 aliphatic heterocycles. The number of nitrogens with zero attached hydrogens (tertiary/aromatic N) is 1. The Morgan fingerprint density at radius 3 is 2.52 bits per heavy atom. The molecule has 0 bridgehead atoms. The molecular weight excluding hydrogens is 276 g/mol. The van der Waals surface area contributed by atoms with E-state index >= 15 is 0 Å². The quantitative estimate of drug-likeness (QED) is 0.744. The van der Waals surface area contributed by atoms with E-state index in [1.165, 1.54) is 4.90 Å². The molecule has 120 valence electrons. The van der Waals surface area contributed by atoms with Crippen LogP contribution >= 0.6 is 0 Å². The largest absolute Gasteiger partial charge is 0.480 e. The minimum Gasteiger partial charge on any atom is -0.480 e. The number of urea groups is 1. The average Bonchev–Trinajstić information content (AvgIpc) is 2.44. The van der Waals surface area contributed by atoms with Crippen molar-refractivity contribution in [2.45, 2.75) is 52.1 Å². The van der Waals surface area contributed by atoms with Gasteiger partial charge in [-0.1, -0.05) is 13.8 Å². The Bertz CT molecular complexity index is 397. The molecule has 2 N–H and O–H groups in total. The second kappa shape index (κ2) is 7.85. The summed E-state index contributed by atoms with van der Waals surface area (Å²) in [6.45, 7) is 5.84. The molecule has 0 radical (unpaired) electrons. The van der Waals surface area contributed by atoms with Crippen molar-refractivity contribution < 1.29 is 24.2 Å². The number of rotatable bonds is 5. The van der Waals surface area contributed by atoms with E-state index in [0.29, 0.717) is 13.0 Å². The number of nitrogens with one attached hydrogen (secondary N) is 1. The van der Waals surface area contributed by atoms with Crippen molar-refractivity contribution in [1.82, 2.24) is 10.2 Å². The first kappa shape index (κ1) is 17.3. The van der Waals surface area contributed by atoms with E-state index in [2.05, 4.69) is 5.32 Å². The normalized spacial score (nSPS) is 20.0. The number of hydrogen-bond donors (Lipinski definition) is 2. The molecule has 0 saturated carbocycles. The van der Waals surface area contributed by atoms with Crippen molar-refractivity contribution in [3.05, 3.63) is 0 Å². The zero-order valence-electron chi connectivity index (χ0n) is 12.8. The molecule has 0 aliphatic carbocycles. The number of aliphatic carboxylic acids is 1. The Labute approximate surface area is 124 Å². The lowest BCUT2D eigenvalue weighted by Gasteiger charge is -2.35. The predicted molar refractivity (Wildman–Crippen MR) is 75.8 cm³/mol. The molecule has 2 atom stereocenters. The summed E-state index contributed by atoms with van der Waals surface area (Å²) in [4.78, 5) is 36.7. The predicted octanol–water partition coefficient (Wildman–Crippen LogP) is 1.22.